The van der Waals surface area contributed by atoms with Crippen LogP contribution in [-0.2, 0) is 5.41 Å². The first-order valence-electron chi connectivity index (χ1n) is 12.2. The lowest BCUT2D eigenvalue weighted by Gasteiger charge is -2.25. The molecule has 0 fully saturated rings. The Kier molecular flexibility index (Phi) is 3.16. The van der Waals surface area contributed by atoms with Crippen molar-refractivity contribution in [2.24, 2.45) is 0 Å². The Balaban J connectivity index is 1.99. The Morgan fingerprint density at radius 2 is 1.38 bits per heavy atom. The summed E-state index contributed by atoms with van der Waals surface area (Å²) in [4.78, 5) is 0. The maximum Gasteiger partial charge on any atom is 0.0629 e. The minimum absolute atomic E-state index is 0.172. The number of rotatable bonds is 2. The first kappa shape index (κ1) is 13.3. The van der Waals surface area contributed by atoms with E-state index in [-0.39, 0.29) is 41.2 Å². The van der Waals surface area contributed by atoms with Gasteiger partial charge in [0.25, 0.3) is 0 Å². The summed E-state index contributed by atoms with van der Waals surface area (Å²) in [6, 6.07) is 19.1. The molecule has 0 atom stereocenters. The fourth-order valence-electron chi connectivity index (χ4n) is 4.14. The van der Waals surface area contributed by atoms with Gasteiger partial charge in [0.15, 0.2) is 0 Å². The van der Waals surface area contributed by atoms with Crippen LogP contribution >= 0.6 is 11.3 Å². The zero-order chi connectivity index (χ0) is 24.4. The smallest absolute Gasteiger partial charge is 0.0629 e. The summed E-state index contributed by atoms with van der Waals surface area (Å²) in [6.07, 6.45) is 0. The predicted molar refractivity (Wildman–Crippen MR) is 129 cm³/mol. The SMILES string of the molecule is [2H]c1c([2H])c([2H])c(-c2cccc3sc4ccc(-c5ccccc5)c(C(C)(C)C)c4c23)c([2H])c1[2H]. The summed E-state index contributed by atoms with van der Waals surface area (Å²) >= 11 is 1.67. The number of fused-ring (bicyclic) bond motifs is 3. The van der Waals surface area contributed by atoms with Crippen LogP contribution in [0.15, 0.2) is 90.9 Å². The highest BCUT2D eigenvalue weighted by atomic mass is 32.1. The van der Waals surface area contributed by atoms with Gasteiger partial charge in [-0.15, -0.1) is 11.3 Å². The minimum Gasteiger partial charge on any atom is -0.135 e. The second kappa shape index (κ2) is 6.86. The van der Waals surface area contributed by atoms with E-state index in [4.69, 9.17) is 6.85 Å². The van der Waals surface area contributed by atoms with Gasteiger partial charge in [0.1, 0.15) is 0 Å². The highest BCUT2D eigenvalue weighted by Gasteiger charge is 2.25. The van der Waals surface area contributed by atoms with Gasteiger partial charge in [-0.1, -0.05) is 99.5 Å². The molecule has 29 heavy (non-hydrogen) atoms. The van der Waals surface area contributed by atoms with Crippen LogP contribution in [0.1, 0.15) is 33.2 Å². The largest absolute Gasteiger partial charge is 0.135 e. The molecule has 1 aromatic heterocycles. The Hall–Kier alpha value is -2.90. The topological polar surface area (TPSA) is 0 Å². The number of hydrogen-bond acceptors (Lipinski definition) is 1. The molecule has 0 nitrogen and oxygen atoms in total. The molecular weight excluding hydrogens is 368 g/mol. The molecule has 5 aromatic rings. The third-order valence-corrected chi connectivity index (χ3v) is 6.39. The van der Waals surface area contributed by atoms with Gasteiger partial charge in [-0.05, 0) is 45.4 Å². The molecule has 0 amide bonds. The van der Waals surface area contributed by atoms with E-state index in [1.54, 1.807) is 11.3 Å². The molecule has 1 heterocycles. The zero-order valence-corrected chi connectivity index (χ0v) is 17.5. The van der Waals surface area contributed by atoms with Crippen molar-refractivity contribution >= 4 is 31.5 Å². The fraction of sp³-hybridized carbons (Fsp3) is 0.143. The molecule has 0 saturated carbocycles. The van der Waals surface area contributed by atoms with Crippen LogP contribution in [0.4, 0.5) is 0 Å². The van der Waals surface area contributed by atoms with Gasteiger partial charge in [0, 0.05) is 20.2 Å². The van der Waals surface area contributed by atoms with Crippen LogP contribution < -0.4 is 0 Å². The van der Waals surface area contributed by atoms with Gasteiger partial charge >= 0.3 is 0 Å². The Morgan fingerprint density at radius 1 is 0.655 bits per heavy atom. The molecule has 0 aliphatic carbocycles. The second-order valence-corrected chi connectivity index (χ2v) is 9.34. The summed E-state index contributed by atoms with van der Waals surface area (Å²) in [6.45, 7) is 6.60. The third-order valence-electron chi connectivity index (χ3n) is 5.27. The van der Waals surface area contributed by atoms with Crippen LogP contribution in [0.2, 0.25) is 0 Å². The van der Waals surface area contributed by atoms with Crippen LogP contribution in [0.5, 0.6) is 0 Å². The molecule has 0 bridgehead atoms. The van der Waals surface area contributed by atoms with Crippen molar-refractivity contribution in [3.05, 3.63) is 96.4 Å². The molecule has 0 aliphatic heterocycles. The summed E-state index contributed by atoms with van der Waals surface area (Å²) in [5.41, 5.74) is 4.22. The normalized spacial score (nSPS) is 14.4. The molecule has 142 valence electrons. The van der Waals surface area contributed by atoms with Crippen molar-refractivity contribution in [3.63, 3.8) is 0 Å². The lowest BCUT2D eigenvalue weighted by Crippen LogP contribution is -2.13. The van der Waals surface area contributed by atoms with Crippen molar-refractivity contribution in [1.82, 2.24) is 0 Å². The minimum atomic E-state index is -0.372. The first-order chi connectivity index (χ1) is 16.1. The number of hydrogen-bond donors (Lipinski definition) is 0. The van der Waals surface area contributed by atoms with E-state index in [1.807, 2.05) is 36.4 Å². The fourth-order valence-corrected chi connectivity index (χ4v) is 5.28. The van der Waals surface area contributed by atoms with E-state index in [2.05, 4.69) is 45.0 Å². The van der Waals surface area contributed by atoms with Crippen LogP contribution in [0, 0.1) is 0 Å². The molecule has 0 N–H and O–H groups in total. The molecule has 0 unspecified atom stereocenters. The van der Waals surface area contributed by atoms with E-state index >= 15 is 0 Å². The maximum absolute atomic E-state index is 8.59. The highest BCUT2D eigenvalue weighted by molar-refractivity contribution is 7.26. The van der Waals surface area contributed by atoms with E-state index in [1.165, 1.54) is 5.56 Å². The van der Waals surface area contributed by atoms with Gasteiger partial charge in [-0.3, -0.25) is 0 Å². The molecule has 0 saturated heterocycles. The molecule has 4 aromatic carbocycles. The first-order valence-corrected chi connectivity index (χ1v) is 10.5. The standard InChI is InChI=1S/C28H24S/c1-28(2,3)27-22(20-13-8-5-9-14-20)17-18-24-26(27)25-21(15-10-16-23(25)29-24)19-11-6-4-7-12-19/h4-18H,1-3H3/i4D,6D,7D,11D,12D. The van der Waals surface area contributed by atoms with E-state index < -0.39 is 0 Å². The zero-order valence-electron chi connectivity index (χ0n) is 21.7. The Bertz CT molecular complexity index is 1550. The van der Waals surface area contributed by atoms with E-state index in [0.29, 0.717) is 5.56 Å². The summed E-state index contributed by atoms with van der Waals surface area (Å²) in [7, 11) is 0. The summed E-state index contributed by atoms with van der Waals surface area (Å²) in [5, 5.41) is 2.04. The average Bonchev–Trinajstić information content (AvgIpc) is 3.20. The van der Waals surface area contributed by atoms with Gasteiger partial charge in [-0.25, -0.2) is 0 Å². The number of thiophene rings is 1. The summed E-state index contributed by atoms with van der Waals surface area (Å²) < 4.78 is 43.8. The van der Waals surface area contributed by atoms with Crippen molar-refractivity contribution in [3.8, 4) is 22.3 Å². The highest BCUT2D eigenvalue weighted by Crippen LogP contribution is 2.47. The molecule has 0 spiro atoms. The quantitative estimate of drug-likeness (QED) is 0.279. The monoisotopic (exact) mass is 397 g/mol. The average molecular weight is 398 g/mol. The predicted octanol–water partition coefficient (Wildman–Crippen LogP) is 8.69. The summed E-state index contributed by atoms with van der Waals surface area (Å²) in [5.74, 6) is 0. The van der Waals surface area contributed by atoms with Crippen LogP contribution in [0.25, 0.3) is 42.4 Å². The molecule has 1 heteroatoms. The van der Waals surface area contributed by atoms with Gasteiger partial charge < -0.3 is 0 Å². The van der Waals surface area contributed by atoms with E-state index in [9.17, 15) is 0 Å². The molecular formula is C28H24S. The van der Waals surface area contributed by atoms with Crippen molar-refractivity contribution < 1.29 is 6.85 Å². The van der Waals surface area contributed by atoms with E-state index in [0.717, 1.165) is 31.3 Å². The van der Waals surface area contributed by atoms with Gasteiger partial charge in [-0.2, -0.15) is 0 Å². The lowest BCUT2D eigenvalue weighted by molar-refractivity contribution is 0.598. The van der Waals surface area contributed by atoms with Crippen LogP contribution in [-0.4, -0.2) is 0 Å². The molecule has 0 radical (unpaired) electrons. The van der Waals surface area contributed by atoms with Crippen molar-refractivity contribution in [2.75, 3.05) is 0 Å². The van der Waals surface area contributed by atoms with Crippen LogP contribution in [0.3, 0.4) is 0 Å². The van der Waals surface area contributed by atoms with Gasteiger partial charge in [0.2, 0.25) is 0 Å². The second-order valence-electron chi connectivity index (χ2n) is 8.26. The van der Waals surface area contributed by atoms with Gasteiger partial charge in [0.05, 0.1) is 6.85 Å². The molecule has 5 rings (SSSR count). The third kappa shape index (κ3) is 3.07. The van der Waals surface area contributed by atoms with Crippen molar-refractivity contribution in [1.29, 1.82) is 0 Å². The molecule has 0 aliphatic rings. The van der Waals surface area contributed by atoms with Crippen molar-refractivity contribution in [2.45, 2.75) is 26.2 Å². The Morgan fingerprint density at radius 3 is 2.10 bits per heavy atom. The maximum atomic E-state index is 8.59. The lowest BCUT2D eigenvalue weighted by atomic mass is 9.78. The Labute approximate surface area is 183 Å². The number of benzene rings is 4.